The van der Waals surface area contributed by atoms with Crippen molar-refractivity contribution in [2.24, 2.45) is 11.8 Å². The van der Waals surface area contributed by atoms with Gasteiger partial charge in [-0.25, -0.2) is 15.8 Å². The van der Waals surface area contributed by atoms with Crippen molar-refractivity contribution in [1.82, 2.24) is 9.97 Å². The van der Waals surface area contributed by atoms with Crippen molar-refractivity contribution in [3.05, 3.63) is 16.4 Å². The third kappa shape index (κ3) is 2.56. The fourth-order valence-electron chi connectivity index (χ4n) is 2.12. The fourth-order valence-corrected chi connectivity index (χ4v) is 2.12. The van der Waals surface area contributed by atoms with Gasteiger partial charge in [-0.2, -0.15) is 0 Å². The molecule has 9 heteroatoms. The summed E-state index contributed by atoms with van der Waals surface area (Å²) in [6.45, 7) is 2.85. The molecule has 0 amide bonds. The molecule has 0 radical (unpaired) electrons. The number of aliphatic hydroxyl groups excluding tert-OH is 1. The van der Waals surface area contributed by atoms with Gasteiger partial charge in [-0.15, -0.1) is 0 Å². The average molecular weight is 268 g/mol. The van der Waals surface area contributed by atoms with Crippen LogP contribution in [0, 0.1) is 16.0 Å². The molecule has 1 aromatic rings. The number of nitrogens with zero attached hydrogens (tertiary/aromatic N) is 4. The van der Waals surface area contributed by atoms with Crippen molar-refractivity contribution >= 4 is 17.3 Å². The standard InChI is InChI=1S/C10H16N6O3/c1-6-2-3-15(4-7(6)17)10-8(16(18)19)9(14-11)12-5-13-10/h5-7,17H,2-4,11H2,1H3,(H,12,13,14). The molecule has 0 aromatic carbocycles. The molecule has 2 atom stereocenters. The van der Waals surface area contributed by atoms with E-state index >= 15 is 0 Å². The molecule has 0 spiro atoms. The molecule has 1 fully saturated rings. The van der Waals surface area contributed by atoms with Crippen molar-refractivity contribution in [1.29, 1.82) is 0 Å². The number of nitrogens with two attached hydrogens (primary N) is 1. The summed E-state index contributed by atoms with van der Waals surface area (Å²) < 4.78 is 0. The largest absolute Gasteiger partial charge is 0.391 e. The SMILES string of the molecule is CC1CCN(c2ncnc(NN)c2[N+](=O)[O-])CC1O. The lowest BCUT2D eigenvalue weighted by atomic mass is 9.96. The van der Waals surface area contributed by atoms with Crippen molar-refractivity contribution in [2.45, 2.75) is 19.4 Å². The number of nitrogen functional groups attached to an aromatic ring is 1. The second-order valence-electron chi connectivity index (χ2n) is 4.58. The number of anilines is 2. The number of aromatic nitrogens is 2. The number of nitro groups is 1. The Balaban J connectivity index is 2.37. The molecule has 4 N–H and O–H groups in total. The van der Waals surface area contributed by atoms with Crippen LogP contribution in [0.5, 0.6) is 0 Å². The summed E-state index contributed by atoms with van der Waals surface area (Å²) in [4.78, 5) is 19.9. The van der Waals surface area contributed by atoms with Gasteiger partial charge in [-0.05, 0) is 12.3 Å². The Bertz CT molecular complexity index is 482. The smallest absolute Gasteiger partial charge is 0.354 e. The average Bonchev–Trinajstić information content (AvgIpc) is 2.40. The molecular formula is C10H16N6O3. The van der Waals surface area contributed by atoms with Gasteiger partial charge in [0.25, 0.3) is 0 Å². The Morgan fingerprint density at radius 3 is 2.95 bits per heavy atom. The number of nitrogens with one attached hydrogen (secondary N) is 1. The van der Waals surface area contributed by atoms with Crippen LogP contribution in [0.3, 0.4) is 0 Å². The molecule has 2 unspecified atom stereocenters. The highest BCUT2D eigenvalue weighted by molar-refractivity contribution is 5.70. The lowest BCUT2D eigenvalue weighted by molar-refractivity contribution is -0.383. The maximum absolute atomic E-state index is 11.1. The number of rotatable bonds is 3. The first-order chi connectivity index (χ1) is 9.04. The highest BCUT2D eigenvalue weighted by atomic mass is 16.6. The molecule has 1 saturated heterocycles. The number of β-amino-alcohol motifs (C(OH)–C–C–N with tert-alkyl or cyclic N) is 1. The normalized spacial score (nSPS) is 23.2. The first-order valence-electron chi connectivity index (χ1n) is 5.93. The van der Waals surface area contributed by atoms with Crippen LogP contribution in [-0.2, 0) is 0 Å². The first kappa shape index (κ1) is 13.4. The van der Waals surface area contributed by atoms with Crippen LogP contribution < -0.4 is 16.2 Å². The summed E-state index contributed by atoms with van der Waals surface area (Å²) in [5.41, 5.74) is 1.92. The zero-order valence-corrected chi connectivity index (χ0v) is 10.5. The molecule has 2 rings (SSSR count). The summed E-state index contributed by atoms with van der Waals surface area (Å²) in [5, 5.41) is 21.0. The molecule has 1 aliphatic heterocycles. The van der Waals surface area contributed by atoms with E-state index in [0.717, 1.165) is 6.42 Å². The zero-order chi connectivity index (χ0) is 14.0. The van der Waals surface area contributed by atoms with E-state index < -0.39 is 11.0 Å². The van der Waals surface area contributed by atoms with Gasteiger partial charge in [0, 0.05) is 13.1 Å². The third-order valence-electron chi connectivity index (χ3n) is 3.34. The van der Waals surface area contributed by atoms with Crippen molar-refractivity contribution in [2.75, 3.05) is 23.4 Å². The van der Waals surface area contributed by atoms with E-state index in [4.69, 9.17) is 5.84 Å². The predicted octanol–water partition coefficient (Wildman–Crippen LogP) is -0.122. The van der Waals surface area contributed by atoms with E-state index in [1.807, 2.05) is 6.92 Å². The Labute approximate surface area is 109 Å². The second kappa shape index (κ2) is 5.33. The zero-order valence-electron chi connectivity index (χ0n) is 10.5. The summed E-state index contributed by atoms with van der Waals surface area (Å²) >= 11 is 0. The minimum Gasteiger partial charge on any atom is -0.391 e. The monoisotopic (exact) mass is 268 g/mol. The maximum atomic E-state index is 11.1. The number of hydrazine groups is 1. The maximum Gasteiger partial charge on any atom is 0.354 e. The van der Waals surface area contributed by atoms with Crippen molar-refractivity contribution in [3.8, 4) is 0 Å². The molecule has 104 valence electrons. The van der Waals surface area contributed by atoms with Crippen LogP contribution in [0.2, 0.25) is 0 Å². The summed E-state index contributed by atoms with van der Waals surface area (Å²) in [6.07, 6.45) is 1.42. The molecule has 0 saturated carbocycles. The Morgan fingerprint density at radius 1 is 1.63 bits per heavy atom. The van der Waals surface area contributed by atoms with E-state index in [9.17, 15) is 15.2 Å². The lowest BCUT2D eigenvalue weighted by Gasteiger charge is -2.34. The Hall–Kier alpha value is -2.00. The Kier molecular flexibility index (Phi) is 3.76. The van der Waals surface area contributed by atoms with Gasteiger partial charge in [-0.1, -0.05) is 6.92 Å². The number of piperidine rings is 1. The van der Waals surface area contributed by atoms with Gasteiger partial charge in [0.2, 0.25) is 11.6 Å². The topological polar surface area (TPSA) is 130 Å². The van der Waals surface area contributed by atoms with Crippen LogP contribution >= 0.6 is 0 Å². The van der Waals surface area contributed by atoms with E-state index in [2.05, 4.69) is 15.4 Å². The highest BCUT2D eigenvalue weighted by Gasteiger charge is 2.31. The van der Waals surface area contributed by atoms with E-state index in [1.54, 1.807) is 4.90 Å². The molecule has 1 aliphatic rings. The number of hydrogen-bond acceptors (Lipinski definition) is 8. The van der Waals surface area contributed by atoms with Crippen molar-refractivity contribution < 1.29 is 10.0 Å². The minimum absolute atomic E-state index is 0.0388. The highest BCUT2D eigenvalue weighted by Crippen LogP contribution is 2.33. The summed E-state index contributed by atoms with van der Waals surface area (Å²) in [7, 11) is 0. The summed E-state index contributed by atoms with van der Waals surface area (Å²) in [5.74, 6) is 5.53. The molecule has 19 heavy (non-hydrogen) atoms. The van der Waals surface area contributed by atoms with E-state index in [1.165, 1.54) is 6.33 Å². The molecule has 1 aromatic heterocycles. The fraction of sp³-hybridized carbons (Fsp3) is 0.600. The van der Waals surface area contributed by atoms with E-state index in [0.29, 0.717) is 13.1 Å². The van der Waals surface area contributed by atoms with Gasteiger partial charge in [0.15, 0.2) is 0 Å². The molecule has 0 aliphatic carbocycles. The molecule has 0 bridgehead atoms. The summed E-state index contributed by atoms with van der Waals surface area (Å²) in [6, 6.07) is 0. The number of aliphatic hydroxyl groups is 1. The van der Waals surface area contributed by atoms with E-state index in [-0.39, 0.29) is 23.2 Å². The minimum atomic E-state index is -0.574. The van der Waals surface area contributed by atoms with Crippen LogP contribution in [0.4, 0.5) is 17.3 Å². The van der Waals surface area contributed by atoms with Crippen LogP contribution in [-0.4, -0.2) is 39.2 Å². The molecule has 9 nitrogen and oxygen atoms in total. The first-order valence-corrected chi connectivity index (χ1v) is 5.93. The predicted molar refractivity (Wildman–Crippen MR) is 68.5 cm³/mol. The van der Waals surface area contributed by atoms with Gasteiger partial charge in [0.1, 0.15) is 6.33 Å². The van der Waals surface area contributed by atoms with Crippen LogP contribution in [0.1, 0.15) is 13.3 Å². The van der Waals surface area contributed by atoms with Gasteiger partial charge in [0.05, 0.1) is 11.0 Å². The van der Waals surface area contributed by atoms with Crippen molar-refractivity contribution in [3.63, 3.8) is 0 Å². The number of hydrogen-bond donors (Lipinski definition) is 3. The quantitative estimate of drug-likeness (QED) is 0.393. The van der Waals surface area contributed by atoms with Gasteiger partial charge in [-0.3, -0.25) is 10.1 Å². The van der Waals surface area contributed by atoms with Crippen LogP contribution in [0.25, 0.3) is 0 Å². The lowest BCUT2D eigenvalue weighted by Crippen LogP contribution is -2.43. The molecule has 2 heterocycles. The second-order valence-corrected chi connectivity index (χ2v) is 4.58. The van der Waals surface area contributed by atoms with Crippen LogP contribution in [0.15, 0.2) is 6.33 Å². The Morgan fingerprint density at radius 2 is 2.37 bits per heavy atom. The van der Waals surface area contributed by atoms with Gasteiger partial charge >= 0.3 is 5.69 Å². The third-order valence-corrected chi connectivity index (χ3v) is 3.34. The molecular weight excluding hydrogens is 252 g/mol. The van der Waals surface area contributed by atoms with Gasteiger partial charge < -0.3 is 15.4 Å².